The number of halogens is 1. The van der Waals surface area contributed by atoms with E-state index in [9.17, 15) is 4.79 Å². The number of fused-ring (bicyclic) bond motifs is 3. The van der Waals surface area contributed by atoms with Gasteiger partial charge < -0.3 is 25.1 Å². The van der Waals surface area contributed by atoms with Gasteiger partial charge in [0.2, 0.25) is 0 Å². The number of nitrogens with one attached hydrogen (secondary N) is 1. The van der Waals surface area contributed by atoms with Crippen molar-refractivity contribution in [3.05, 3.63) is 88.0 Å². The molecule has 0 spiro atoms. The number of nitrogen functional groups attached to an aromatic ring is 1. The third kappa shape index (κ3) is 5.04. The number of carbonyl (C=O) groups excluding carboxylic acids is 1. The Balaban J connectivity index is 1.31. The van der Waals surface area contributed by atoms with Crippen LogP contribution in [0.1, 0.15) is 50.3 Å². The number of nitrogens with zero attached hydrogens (tertiary/aromatic N) is 1. The largest absolute Gasteiger partial charge is 0.492 e. The molecule has 0 radical (unpaired) electrons. The van der Waals surface area contributed by atoms with Crippen LogP contribution in [-0.4, -0.2) is 42.5 Å². The smallest absolute Gasteiger partial charge is 0.449 e. The fourth-order valence-corrected chi connectivity index (χ4v) is 4.97. The molecular formula is C29H31BClN3O4. The van der Waals surface area contributed by atoms with E-state index in [1.807, 2.05) is 52.0 Å². The first-order valence-corrected chi connectivity index (χ1v) is 13.0. The van der Waals surface area contributed by atoms with Crippen molar-refractivity contribution in [2.45, 2.75) is 44.8 Å². The highest BCUT2D eigenvalue weighted by molar-refractivity contribution is 6.56. The highest BCUT2D eigenvalue weighted by Crippen LogP contribution is 2.44. The second kappa shape index (κ2) is 10.1. The fourth-order valence-electron chi connectivity index (χ4n) is 4.80. The summed E-state index contributed by atoms with van der Waals surface area (Å²) in [5, 5.41) is 3.30. The van der Waals surface area contributed by atoms with Crippen LogP contribution < -0.4 is 11.1 Å². The Morgan fingerprint density at radius 2 is 1.66 bits per heavy atom. The molecular weight excluding hydrogens is 501 g/mol. The van der Waals surface area contributed by atoms with Crippen LogP contribution in [0.25, 0.3) is 17.2 Å². The lowest BCUT2D eigenvalue weighted by Gasteiger charge is -2.32. The number of ether oxygens (including phenoxy) is 1. The maximum absolute atomic E-state index is 12.9. The monoisotopic (exact) mass is 531 g/mol. The van der Waals surface area contributed by atoms with E-state index in [2.05, 4.69) is 34.6 Å². The highest BCUT2D eigenvalue weighted by atomic mass is 35.5. The summed E-state index contributed by atoms with van der Waals surface area (Å²) in [7, 11) is -0.702. The molecule has 0 saturated carbocycles. The number of pyridine rings is 1. The van der Waals surface area contributed by atoms with E-state index in [0.717, 1.165) is 11.1 Å². The average Bonchev–Trinajstić information content (AvgIpc) is 3.31. The zero-order chi connectivity index (χ0) is 27.1. The number of aromatic nitrogens is 1. The van der Waals surface area contributed by atoms with Crippen molar-refractivity contribution in [3.8, 4) is 11.1 Å². The molecule has 3 aromatic rings. The SMILES string of the molecule is CC1(C)OB(C(=Cc2cc(Cl)cnc2N)CNC(=O)OCC2c3ccccc3-c3ccccc32)OC1(C)C. The van der Waals surface area contributed by atoms with Gasteiger partial charge >= 0.3 is 13.2 Å². The molecule has 2 heterocycles. The molecule has 1 fully saturated rings. The first-order chi connectivity index (χ1) is 18.1. The zero-order valence-electron chi connectivity index (χ0n) is 22.0. The molecule has 5 rings (SSSR count). The Morgan fingerprint density at radius 1 is 1.08 bits per heavy atom. The van der Waals surface area contributed by atoms with E-state index in [-0.39, 0.29) is 19.1 Å². The van der Waals surface area contributed by atoms with Crippen molar-refractivity contribution in [2.75, 3.05) is 18.9 Å². The minimum atomic E-state index is -0.702. The number of nitrogens with two attached hydrogens (primary N) is 1. The number of benzene rings is 2. The van der Waals surface area contributed by atoms with Gasteiger partial charge in [0.15, 0.2) is 0 Å². The standard InChI is InChI=1S/C29H31BClN3O4/c1-28(2)29(3,4)38-30(37-28)19(13-18-14-20(31)16-33-26(18)32)15-34-27(35)36-17-25-23-11-7-5-9-21(23)22-10-6-8-12-24(22)25/h5-14,16,25H,15,17H2,1-4H3,(H2,32,33)(H,34,35). The quantitative estimate of drug-likeness (QED) is 0.386. The van der Waals surface area contributed by atoms with Crippen molar-refractivity contribution in [1.29, 1.82) is 0 Å². The minimum Gasteiger partial charge on any atom is -0.449 e. The summed E-state index contributed by atoms with van der Waals surface area (Å²) in [6.07, 6.45) is 2.74. The molecule has 1 saturated heterocycles. The van der Waals surface area contributed by atoms with Crippen LogP contribution in [0.5, 0.6) is 0 Å². The lowest BCUT2D eigenvalue weighted by molar-refractivity contribution is 0.00578. The van der Waals surface area contributed by atoms with E-state index in [0.29, 0.717) is 21.9 Å². The lowest BCUT2D eigenvalue weighted by Crippen LogP contribution is -2.41. The number of hydrogen-bond donors (Lipinski definition) is 2. The third-order valence-corrected chi connectivity index (χ3v) is 7.80. The van der Waals surface area contributed by atoms with Gasteiger partial charge in [-0.25, -0.2) is 9.78 Å². The van der Waals surface area contributed by atoms with Crippen LogP contribution >= 0.6 is 11.6 Å². The molecule has 196 valence electrons. The van der Waals surface area contributed by atoms with E-state index in [4.69, 9.17) is 31.4 Å². The van der Waals surface area contributed by atoms with Gasteiger partial charge in [0.1, 0.15) is 12.4 Å². The Morgan fingerprint density at radius 3 is 2.26 bits per heavy atom. The van der Waals surface area contributed by atoms with Gasteiger partial charge in [-0.1, -0.05) is 66.2 Å². The topological polar surface area (TPSA) is 95.7 Å². The highest BCUT2D eigenvalue weighted by Gasteiger charge is 2.52. The molecule has 1 aliphatic heterocycles. The molecule has 0 bridgehead atoms. The first kappa shape index (κ1) is 26.3. The molecule has 0 atom stereocenters. The van der Waals surface area contributed by atoms with Crippen LogP contribution in [0.15, 0.2) is 66.3 Å². The maximum Gasteiger partial charge on any atom is 0.492 e. The van der Waals surface area contributed by atoms with E-state index in [1.165, 1.54) is 17.3 Å². The van der Waals surface area contributed by atoms with Crippen molar-refractivity contribution < 1.29 is 18.8 Å². The molecule has 3 N–H and O–H groups in total. The van der Waals surface area contributed by atoms with Crippen molar-refractivity contribution in [1.82, 2.24) is 10.3 Å². The van der Waals surface area contributed by atoms with E-state index >= 15 is 0 Å². The number of carbonyl (C=O) groups is 1. The van der Waals surface area contributed by atoms with Gasteiger partial charge in [-0.3, -0.25) is 0 Å². The van der Waals surface area contributed by atoms with Gasteiger partial charge in [0.05, 0.1) is 16.2 Å². The van der Waals surface area contributed by atoms with E-state index in [1.54, 1.807) is 12.1 Å². The van der Waals surface area contributed by atoms with Crippen molar-refractivity contribution in [3.63, 3.8) is 0 Å². The number of anilines is 1. The molecule has 1 aromatic heterocycles. The summed E-state index contributed by atoms with van der Waals surface area (Å²) in [5.74, 6) is 0.285. The molecule has 1 aliphatic carbocycles. The molecule has 2 aliphatic rings. The van der Waals surface area contributed by atoms with Crippen LogP contribution in [-0.2, 0) is 14.0 Å². The summed E-state index contributed by atoms with van der Waals surface area (Å²) in [4.78, 5) is 17.0. The number of alkyl carbamates (subject to hydrolysis) is 1. The maximum atomic E-state index is 12.9. The van der Waals surface area contributed by atoms with Gasteiger partial charge in [-0.15, -0.1) is 0 Å². The Hall–Kier alpha value is -3.33. The summed E-state index contributed by atoms with van der Waals surface area (Å²) >= 11 is 6.15. The van der Waals surface area contributed by atoms with Gasteiger partial charge in [-0.05, 0) is 61.5 Å². The predicted octanol–water partition coefficient (Wildman–Crippen LogP) is 5.87. The van der Waals surface area contributed by atoms with Crippen LogP contribution in [0, 0.1) is 0 Å². The Kier molecular flexibility index (Phi) is 6.98. The molecule has 38 heavy (non-hydrogen) atoms. The van der Waals surface area contributed by atoms with Gasteiger partial charge in [0.25, 0.3) is 0 Å². The third-order valence-electron chi connectivity index (χ3n) is 7.59. The van der Waals surface area contributed by atoms with Gasteiger partial charge in [0, 0.05) is 24.2 Å². The Labute approximate surface area is 228 Å². The first-order valence-electron chi connectivity index (χ1n) is 12.6. The van der Waals surface area contributed by atoms with Gasteiger partial charge in [-0.2, -0.15) is 0 Å². The number of amides is 1. The van der Waals surface area contributed by atoms with Crippen LogP contribution in [0.4, 0.5) is 10.6 Å². The molecule has 1 amide bonds. The van der Waals surface area contributed by atoms with Crippen LogP contribution in [0.3, 0.4) is 0 Å². The van der Waals surface area contributed by atoms with Crippen LogP contribution in [0.2, 0.25) is 5.02 Å². The summed E-state index contributed by atoms with van der Waals surface area (Å²) in [5.41, 5.74) is 10.9. The molecule has 0 unspecified atom stereocenters. The predicted molar refractivity (Wildman–Crippen MR) is 151 cm³/mol. The number of rotatable bonds is 6. The minimum absolute atomic E-state index is 0.0245. The summed E-state index contributed by atoms with van der Waals surface area (Å²) in [6.45, 7) is 8.23. The second-order valence-corrected chi connectivity index (χ2v) is 11.1. The average molecular weight is 532 g/mol. The second-order valence-electron chi connectivity index (χ2n) is 10.6. The van der Waals surface area contributed by atoms with Crippen molar-refractivity contribution in [2.24, 2.45) is 0 Å². The lowest BCUT2D eigenvalue weighted by atomic mass is 9.77. The number of hydrogen-bond acceptors (Lipinski definition) is 6. The zero-order valence-corrected chi connectivity index (χ0v) is 22.7. The summed E-state index contributed by atoms with van der Waals surface area (Å²) in [6, 6.07) is 18.2. The molecule has 2 aromatic carbocycles. The molecule has 9 heteroatoms. The normalized spacial score (nSPS) is 17.7. The Bertz CT molecular complexity index is 1350. The van der Waals surface area contributed by atoms with E-state index < -0.39 is 24.4 Å². The fraction of sp³-hybridized carbons (Fsp3) is 0.310. The van der Waals surface area contributed by atoms with Crippen molar-refractivity contribution >= 4 is 36.7 Å². The summed E-state index contributed by atoms with van der Waals surface area (Å²) < 4.78 is 18.2. The molecule has 7 nitrogen and oxygen atoms in total.